The Balaban J connectivity index is 3.56. The first-order chi connectivity index (χ1) is 15.1. The molecular weight excluding hydrogens is 392 g/mol. The zero-order chi connectivity index (χ0) is 23.0. The third-order valence-corrected chi connectivity index (χ3v) is 5.65. The van der Waals surface area contributed by atoms with E-state index in [1.54, 1.807) is 0 Å². The van der Waals surface area contributed by atoms with Crippen molar-refractivity contribution >= 4 is 11.9 Å². The van der Waals surface area contributed by atoms with E-state index < -0.39 is 6.10 Å². The van der Waals surface area contributed by atoms with E-state index >= 15 is 0 Å². The number of carbonyl (C=O) groups excluding carboxylic acids is 2. The standard InChI is InChI=1S/C26H50O5/c1-3-5-7-9-10-11-12-13-14-15-17-18-20-25(28)30-23-24(22-27)31-26(29)21-19-16-8-6-4-2/h24,27H,3-23H2,1-2H3/t24-/m0/s1. The van der Waals surface area contributed by atoms with Crippen molar-refractivity contribution in [1.29, 1.82) is 0 Å². The van der Waals surface area contributed by atoms with E-state index in [4.69, 9.17) is 9.47 Å². The molecule has 0 aromatic rings. The van der Waals surface area contributed by atoms with E-state index in [1.165, 1.54) is 70.6 Å². The third-order valence-electron chi connectivity index (χ3n) is 5.65. The molecule has 184 valence electrons. The summed E-state index contributed by atoms with van der Waals surface area (Å²) in [6, 6.07) is 0. The molecule has 31 heavy (non-hydrogen) atoms. The fourth-order valence-corrected chi connectivity index (χ4v) is 3.61. The molecule has 0 amide bonds. The summed E-state index contributed by atoms with van der Waals surface area (Å²) < 4.78 is 10.4. The first kappa shape index (κ1) is 29.9. The maximum absolute atomic E-state index is 11.9. The van der Waals surface area contributed by atoms with Crippen LogP contribution in [0.5, 0.6) is 0 Å². The van der Waals surface area contributed by atoms with Crippen molar-refractivity contribution in [2.24, 2.45) is 0 Å². The molecule has 5 heteroatoms. The molecule has 0 fully saturated rings. The van der Waals surface area contributed by atoms with E-state index in [-0.39, 0.29) is 25.2 Å². The lowest BCUT2D eigenvalue weighted by molar-refractivity contribution is -0.161. The molecule has 0 aromatic carbocycles. The van der Waals surface area contributed by atoms with E-state index in [9.17, 15) is 14.7 Å². The molecule has 5 nitrogen and oxygen atoms in total. The molecule has 1 N–H and O–H groups in total. The van der Waals surface area contributed by atoms with Crippen LogP contribution in [0.1, 0.15) is 136 Å². The quantitative estimate of drug-likeness (QED) is 0.138. The van der Waals surface area contributed by atoms with Gasteiger partial charge in [-0.05, 0) is 12.8 Å². The summed E-state index contributed by atoms with van der Waals surface area (Å²) in [5, 5.41) is 9.35. The number of rotatable bonds is 23. The molecule has 0 heterocycles. The predicted octanol–water partition coefficient (Wildman–Crippen LogP) is 6.89. The largest absolute Gasteiger partial charge is 0.462 e. The van der Waals surface area contributed by atoms with Crippen LogP contribution in [0.3, 0.4) is 0 Å². The molecule has 1 atom stereocenters. The van der Waals surface area contributed by atoms with Gasteiger partial charge in [-0.2, -0.15) is 0 Å². The Labute approximate surface area is 191 Å². The van der Waals surface area contributed by atoms with Crippen molar-refractivity contribution in [1.82, 2.24) is 0 Å². The number of aliphatic hydroxyl groups excluding tert-OH is 1. The molecule has 0 aliphatic heterocycles. The second kappa shape index (κ2) is 23.6. The Morgan fingerprint density at radius 1 is 0.613 bits per heavy atom. The van der Waals surface area contributed by atoms with Gasteiger partial charge in [0.2, 0.25) is 0 Å². The molecule has 0 saturated carbocycles. The molecule has 0 aromatic heterocycles. The van der Waals surface area contributed by atoms with Gasteiger partial charge in [0.1, 0.15) is 6.61 Å². The SMILES string of the molecule is CCCCCCCCCCCCCCC(=O)OC[C@H](CO)OC(=O)CCCCCCC. The van der Waals surface area contributed by atoms with Gasteiger partial charge in [0.05, 0.1) is 6.61 Å². The number of ether oxygens (including phenoxy) is 2. The van der Waals surface area contributed by atoms with Gasteiger partial charge < -0.3 is 14.6 Å². The van der Waals surface area contributed by atoms with Crippen LogP contribution in [0, 0.1) is 0 Å². The van der Waals surface area contributed by atoms with Crippen LogP contribution in [-0.4, -0.2) is 36.4 Å². The summed E-state index contributed by atoms with van der Waals surface area (Å²) in [5.41, 5.74) is 0. The van der Waals surface area contributed by atoms with Crippen LogP contribution in [-0.2, 0) is 19.1 Å². The Morgan fingerprint density at radius 2 is 1.00 bits per heavy atom. The summed E-state index contributed by atoms with van der Waals surface area (Å²) in [6.45, 7) is 4.02. The summed E-state index contributed by atoms with van der Waals surface area (Å²) in [5.74, 6) is -0.603. The number of aliphatic hydroxyl groups is 1. The molecule has 0 saturated heterocycles. The molecule has 0 spiro atoms. The zero-order valence-electron chi connectivity index (χ0n) is 20.5. The van der Waals surface area contributed by atoms with Crippen LogP contribution >= 0.6 is 0 Å². The number of unbranched alkanes of at least 4 members (excludes halogenated alkanes) is 15. The van der Waals surface area contributed by atoms with Gasteiger partial charge in [0.25, 0.3) is 0 Å². The van der Waals surface area contributed by atoms with Crippen LogP contribution < -0.4 is 0 Å². The van der Waals surface area contributed by atoms with E-state index in [1.807, 2.05) is 0 Å². The first-order valence-corrected chi connectivity index (χ1v) is 13.1. The minimum absolute atomic E-state index is 0.0604. The highest BCUT2D eigenvalue weighted by Crippen LogP contribution is 2.13. The maximum atomic E-state index is 11.9. The maximum Gasteiger partial charge on any atom is 0.306 e. The first-order valence-electron chi connectivity index (χ1n) is 13.1. The molecule has 0 radical (unpaired) electrons. The smallest absolute Gasteiger partial charge is 0.306 e. The van der Waals surface area contributed by atoms with Crippen molar-refractivity contribution in [3.63, 3.8) is 0 Å². The van der Waals surface area contributed by atoms with Crippen LogP contribution in [0.15, 0.2) is 0 Å². The lowest BCUT2D eigenvalue weighted by atomic mass is 10.0. The molecule has 0 aliphatic rings. The average molecular weight is 443 g/mol. The molecular formula is C26H50O5. The Bertz CT molecular complexity index is 411. The van der Waals surface area contributed by atoms with Crippen molar-refractivity contribution in [3.8, 4) is 0 Å². The molecule has 0 rings (SSSR count). The van der Waals surface area contributed by atoms with E-state index in [2.05, 4.69) is 13.8 Å². The highest BCUT2D eigenvalue weighted by molar-refractivity contribution is 5.70. The third kappa shape index (κ3) is 21.9. The van der Waals surface area contributed by atoms with Gasteiger partial charge in [-0.3, -0.25) is 9.59 Å². The average Bonchev–Trinajstić information content (AvgIpc) is 2.77. The fourth-order valence-electron chi connectivity index (χ4n) is 3.61. The minimum atomic E-state index is -0.755. The van der Waals surface area contributed by atoms with E-state index in [0.717, 1.165) is 38.5 Å². The van der Waals surface area contributed by atoms with Gasteiger partial charge in [-0.1, -0.05) is 110 Å². The Kier molecular flexibility index (Phi) is 22.7. The molecule has 0 unspecified atom stereocenters. The summed E-state index contributed by atoms with van der Waals surface area (Å²) in [6.07, 6.45) is 20.3. The van der Waals surface area contributed by atoms with Crippen molar-refractivity contribution in [3.05, 3.63) is 0 Å². The number of carbonyl (C=O) groups is 2. The van der Waals surface area contributed by atoms with Crippen molar-refractivity contribution < 1.29 is 24.2 Å². The number of esters is 2. The minimum Gasteiger partial charge on any atom is -0.462 e. The normalized spacial score (nSPS) is 12.0. The van der Waals surface area contributed by atoms with Crippen LogP contribution in [0.2, 0.25) is 0 Å². The monoisotopic (exact) mass is 442 g/mol. The van der Waals surface area contributed by atoms with Crippen molar-refractivity contribution in [2.75, 3.05) is 13.2 Å². The lowest BCUT2D eigenvalue weighted by Gasteiger charge is -2.15. The summed E-state index contributed by atoms with van der Waals surface area (Å²) >= 11 is 0. The summed E-state index contributed by atoms with van der Waals surface area (Å²) in [4.78, 5) is 23.7. The van der Waals surface area contributed by atoms with Gasteiger partial charge in [0.15, 0.2) is 6.10 Å². The Morgan fingerprint density at radius 3 is 1.42 bits per heavy atom. The van der Waals surface area contributed by atoms with Gasteiger partial charge >= 0.3 is 11.9 Å². The Hall–Kier alpha value is -1.10. The van der Waals surface area contributed by atoms with Gasteiger partial charge in [-0.15, -0.1) is 0 Å². The van der Waals surface area contributed by atoms with Gasteiger partial charge in [-0.25, -0.2) is 0 Å². The fraction of sp³-hybridized carbons (Fsp3) is 0.923. The van der Waals surface area contributed by atoms with Crippen LogP contribution in [0.4, 0.5) is 0 Å². The molecule has 0 bridgehead atoms. The second-order valence-electron chi connectivity index (χ2n) is 8.78. The second-order valence-corrected chi connectivity index (χ2v) is 8.78. The highest BCUT2D eigenvalue weighted by atomic mass is 16.6. The van der Waals surface area contributed by atoms with Gasteiger partial charge in [0, 0.05) is 12.8 Å². The number of hydrogen-bond acceptors (Lipinski definition) is 5. The van der Waals surface area contributed by atoms with Crippen LogP contribution in [0.25, 0.3) is 0 Å². The lowest BCUT2D eigenvalue weighted by Crippen LogP contribution is -2.28. The highest BCUT2D eigenvalue weighted by Gasteiger charge is 2.16. The van der Waals surface area contributed by atoms with E-state index in [0.29, 0.717) is 12.8 Å². The molecule has 0 aliphatic carbocycles. The predicted molar refractivity (Wildman–Crippen MR) is 127 cm³/mol. The zero-order valence-corrected chi connectivity index (χ0v) is 20.5. The number of hydrogen-bond donors (Lipinski definition) is 1. The van der Waals surface area contributed by atoms with Crippen molar-refractivity contribution in [2.45, 2.75) is 142 Å². The summed E-state index contributed by atoms with van der Waals surface area (Å²) in [7, 11) is 0. The topological polar surface area (TPSA) is 72.8 Å².